The Balaban J connectivity index is 1.49. The van der Waals surface area contributed by atoms with Gasteiger partial charge in [0, 0.05) is 10.0 Å². The van der Waals surface area contributed by atoms with E-state index in [1.807, 2.05) is 26.0 Å². The van der Waals surface area contributed by atoms with Crippen LogP contribution in [0, 0.1) is 13.8 Å². The molecule has 0 aliphatic carbocycles. The third-order valence-corrected chi connectivity index (χ3v) is 8.56. The van der Waals surface area contributed by atoms with Gasteiger partial charge < -0.3 is 9.47 Å². The Labute approximate surface area is 261 Å². The third kappa shape index (κ3) is 8.50. The van der Waals surface area contributed by atoms with Crippen LogP contribution in [-0.4, -0.2) is 33.7 Å². The van der Waals surface area contributed by atoms with Gasteiger partial charge in [-0.2, -0.15) is 5.10 Å². The Hall–Kier alpha value is -4.05. The maximum Gasteiger partial charge on any atom is 0.264 e. The summed E-state index contributed by atoms with van der Waals surface area (Å²) >= 11 is 12.1. The average Bonchev–Trinajstić information content (AvgIpc) is 2.97. The number of benzene rings is 4. The maximum absolute atomic E-state index is 13.6. The van der Waals surface area contributed by atoms with Crippen molar-refractivity contribution in [3.05, 3.63) is 117 Å². The molecule has 4 aromatic rings. The molecule has 0 atom stereocenters. The molecule has 0 aromatic heterocycles. The predicted octanol–water partition coefficient (Wildman–Crippen LogP) is 6.93. The molecule has 0 heterocycles. The van der Waals surface area contributed by atoms with Gasteiger partial charge in [0.05, 0.1) is 23.4 Å². The Bertz CT molecular complexity index is 1710. The average molecular weight is 641 g/mol. The highest BCUT2D eigenvalue weighted by molar-refractivity contribution is 7.92. The van der Waals surface area contributed by atoms with E-state index < -0.39 is 22.5 Å². The van der Waals surface area contributed by atoms with E-state index in [1.165, 1.54) is 18.3 Å². The van der Waals surface area contributed by atoms with Crippen LogP contribution < -0.4 is 19.2 Å². The highest BCUT2D eigenvalue weighted by atomic mass is 35.5. The molecule has 1 N–H and O–H groups in total. The zero-order valence-corrected chi connectivity index (χ0v) is 26.2. The molecule has 8 nitrogen and oxygen atoms in total. The SMILES string of the molecule is CCOc1cc(/C=N\NC(=O)CN(c2ccc(Cl)cc2C)S(=O)(=O)c2ccc(C)cc2)ccc1OCc1ccc(Cl)cc1. The lowest BCUT2D eigenvalue weighted by Crippen LogP contribution is -2.40. The van der Waals surface area contributed by atoms with Gasteiger partial charge in [0.2, 0.25) is 0 Å². The number of carbonyl (C=O) groups excluding carboxylic acids is 1. The number of nitrogens with one attached hydrogen (secondary N) is 1. The summed E-state index contributed by atoms with van der Waals surface area (Å²) in [4.78, 5) is 13.0. The van der Waals surface area contributed by atoms with Crippen molar-refractivity contribution in [3.63, 3.8) is 0 Å². The number of hydrazone groups is 1. The Morgan fingerprint density at radius 2 is 1.58 bits per heavy atom. The normalized spacial score (nSPS) is 11.4. The first-order valence-electron chi connectivity index (χ1n) is 13.4. The second-order valence-corrected chi connectivity index (χ2v) is 12.3. The number of anilines is 1. The summed E-state index contributed by atoms with van der Waals surface area (Å²) in [5.41, 5.74) is 5.86. The molecule has 1 amide bonds. The molecule has 224 valence electrons. The van der Waals surface area contributed by atoms with Crippen LogP contribution in [0.15, 0.2) is 94.9 Å². The molecule has 4 aromatic carbocycles. The minimum atomic E-state index is -4.08. The minimum absolute atomic E-state index is 0.0607. The fraction of sp³-hybridized carbons (Fsp3) is 0.188. The van der Waals surface area contributed by atoms with E-state index in [0.717, 1.165) is 15.4 Å². The van der Waals surface area contributed by atoms with Gasteiger partial charge in [0.15, 0.2) is 11.5 Å². The van der Waals surface area contributed by atoms with Crippen molar-refractivity contribution in [2.45, 2.75) is 32.3 Å². The number of halogens is 2. The van der Waals surface area contributed by atoms with Crippen LogP contribution in [0.4, 0.5) is 5.69 Å². The lowest BCUT2D eigenvalue weighted by molar-refractivity contribution is -0.119. The molecular formula is C32H31Cl2N3O5S. The van der Waals surface area contributed by atoms with Crippen LogP contribution in [0.1, 0.15) is 29.2 Å². The molecule has 0 aliphatic rings. The minimum Gasteiger partial charge on any atom is -0.490 e. The van der Waals surface area contributed by atoms with E-state index in [1.54, 1.807) is 67.6 Å². The lowest BCUT2D eigenvalue weighted by Gasteiger charge is -2.25. The quantitative estimate of drug-likeness (QED) is 0.134. The Morgan fingerprint density at radius 1 is 0.884 bits per heavy atom. The zero-order chi connectivity index (χ0) is 31.0. The summed E-state index contributed by atoms with van der Waals surface area (Å²) in [5, 5.41) is 5.15. The van der Waals surface area contributed by atoms with Crippen molar-refractivity contribution >= 4 is 51.0 Å². The molecule has 0 unspecified atom stereocenters. The summed E-state index contributed by atoms with van der Waals surface area (Å²) < 4.78 is 40.0. The summed E-state index contributed by atoms with van der Waals surface area (Å²) in [7, 11) is -4.08. The van der Waals surface area contributed by atoms with Gasteiger partial charge in [0.1, 0.15) is 13.2 Å². The van der Waals surface area contributed by atoms with Crippen molar-refractivity contribution in [2.75, 3.05) is 17.5 Å². The summed E-state index contributed by atoms with van der Waals surface area (Å²) in [5.74, 6) is 0.433. The van der Waals surface area contributed by atoms with Crippen LogP contribution in [-0.2, 0) is 21.4 Å². The van der Waals surface area contributed by atoms with E-state index in [4.69, 9.17) is 32.7 Å². The molecule has 11 heteroatoms. The molecule has 0 fully saturated rings. The highest BCUT2D eigenvalue weighted by Gasteiger charge is 2.28. The summed E-state index contributed by atoms with van der Waals surface area (Å²) in [6.07, 6.45) is 1.44. The van der Waals surface area contributed by atoms with E-state index >= 15 is 0 Å². The van der Waals surface area contributed by atoms with Crippen LogP contribution in [0.5, 0.6) is 11.5 Å². The van der Waals surface area contributed by atoms with Gasteiger partial charge >= 0.3 is 0 Å². The topological polar surface area (TPSA) is 97.3 Å². The van der Waals surface area contributed by atoms with Crippen LogP contribution >= 0.6 is 23.2 Å². The van der Waals surface area contributed by atoms with Gasteiger partial charge in [-0.15, -0.1) is 0 Å². The molecule has 0 aliphatic heterocycles. The number of hydrogen-bond donors (Lipinski definition) is 1. The molecule has 0 saturated carbocycles. The Morgan fingerprint density at radius 3 is 2.26 bits per heavy atom. The maximum atomic E-state index is 13.6. The Kier molecular flexibility index (Phi) is 10.7. The number of aryl methyl sites for hydroxylation is 2. The van der Waals surface area contributed by atoms with Gasteiger partial charge in [-0.05, 0) is 98.1 Å². The third-order valence-electron chi connectivity index (χ3n) is 6.30. The molecule has 0 bridgehead atoms. The summed E-state index contributed by atoms with van der Waals surface area (Å²) in [6.45, 7) is 5.70. The standard InChI is InChI=1S/C32H31Cl2N3O5S/c1-4-41-31-18-25(9-16-30(31)42-21-24-7-10-26(33)11-8-24)19-35-36-32(38)20-37(29-15-12-27(34)17-23(29)3)43(39,40)28-13-5-22(2)6-14-28/h5-19H,4,20-21H2,1-3H3,(H,36,38)/b35-19-. The lowest BCUT2D eigenvalue weighted by atomic mass is 10.2. The smallest absolute Gasteiger partial charge is 0.264 e. The highest BCUT2D eigenvalue weighted by Crippen LogP contribution is 2.30. The van der Waals surface area contributed by atoms with Crippen molar-refractivity contribution in [1.29, 1.82) is 0 Å². The van der Waals surface area contributed by atoms with E-state index in [2.05, 4.69) is 10.5 Å². The zero-order valence-electron chi connectivity index (χ0n) is 23.9. The second-order valence-electron chi connectivity index (χ2n) is 9.60. The van der Waals surface area contributed by atoms with Crippen molar-refractivity contribution < 1.29 is 22.7 Å². The number of amides is 1. The molecule has 43 heavy (non-hydrogen) atoms. The van der Waals surface area contributed by atoms with E-state index in [0.29, 0.717) is 51.6 Å². The predicted molar refractivity (Wildman–Crippen MR) is 171 cm³/mol. The number of nitrogens with zero attached hydrogens (tertiary/aromatic N) is 2. The van der Waals surface area contributed by atoms with Gasteiger partial charge in [0.25, 0.3) is 15.9 Å². The number of ether oxygens (including phenoxy) is 2. The number of hydrogen-bond acceptors (Lipinski definition) is 6. The van der Waals surface area contributed by atoms with Gasteiger partial charge in [-0.25, -0.2) is 13.8 Å². The number of carbonyl (C=O) groups is 1. The monoisotopic (exact) mass is 639 g/mol. The van der Waals surface area contributed by atoms with Gasteiger partial charge in [-0.1, -0.05) is 53.0 Å². The fourth-order valence-electron chi connectivity index (χ4n) is 4.11. The molecule has 0 spiro atoms. The molecule has 0 saturated heterocycles. The molecule has 0 radical (unpaired) electrons. The van der Waals surface area contributed by atoms with Crippen LogP contribution in [0.25, 0.3) is 0 Å². The van der Waals surface area contributed by atoms with Crippen molar-refractivity contribution in [3.8, 4) is 11.5 Å². The molecule has 4 rings (SSSR count). The molecular weight excluding hydrogens is 609 g/mol. The van der Waals surface area contributed by atoms with E-state index in [9.17, 15) is 13.2 Å². The second kappa shape index (κ2) is 14.4. The van der Waals surface area contributed by atoms with Crippen molar-refractivity contribution in [2.24, 2.45) is 5.10 Å². The first kappa shape index (κ1) is 31.9. The van der Waals surface area contributed by atoms with Crippen LogP contribution in [0.3, 0.4) is 0 Å². The van der Waals surface area contributed by atoms with Crippen molar-refractivity contribution in [1.82, 2.24) is 5.43 Å². The van der Waals surface area contributed by atoms with E-state index in [-0.39, 0.29) is 4.90 Å². The first-order valence-corrected chi connectivity index (χ1v) is 15.6. The van der Waals surface area contributed by atoms with Crippen LogP contribution in [0.2, 0.25) is 10.0 Å². The number of sulfonamides is 1. The summed E-state index contributed by atoms with van der Waals surface area (Å²) in [6, 6.07) is 23.8. The largest absolute Gasteiger partial charge is 0.490 e. The van der Waals surface area contributed by atoms with Gasteiger partial charge in [-0.3, -0.25) is 9.10 Å². The first-order chi connectivity index (χ1) is 20.6. The fourth-order valence-corrected chi connectivity index (χ4v) is 5.95. The number of rotatable bonds is 12.